The molecular formula is C19H18ClFN6. The first-order valence-electron chi connectivity index (χ1n) is 8.47. The van der Waals surface area contributed by atoms with E-state index in [4.69, 9.17) is 11.6 Å². The third-order valence-corrected chi connectivity index (χ3v) is 3.97. The molecule has 0 saturated heterocycles. The van der Waals surface area contributed by atoms with Crippen molar-refractivity contribution in [3.63, 3.8) is 0 Å². The lowest BCUT2D eigenvalue weighted by Gasteiger charge is -2.10. The zero-order valence-corrected chi connectivity index (χ0v) is 15.9. The Balaban J connectivity index is 0.00000102. The van der Waals surface area contributed by atoms with Crippen molar-refractivity contribution in [3.05, 3.63) is 65.5 Å². The number of nitrogens with zero attached hydrogens (tertiary/aromatic N) is 5. The number of hydrogen-bond acceptors (Lipinski definition) is 5. The van der Waals surface area contributed by atoms with Gasteiger partial charge in [-0.3, -0.25) is 4.98 Å². The molecule has 4 aromatic heterocycles. The predicted molar refractivity (Wildman–Crippen MR) is 105 cm³/mol. The smallest absolute Gasteiger partial charge is 0.200 e. The fourth-order valence-electron chi connectivity index (χ4n) is 2.41. The molecule has 0 atom stereocenters. The van der Waals surface area contributed by atoms with Gasteiger partial charge in [0.05, 0.1) is 16.4 Å². The molecule has 0 saturated carbocycles. The highest BCUT2D eigenvalue weighted by atomic mass is 35.5. The van der Waals surface area contributed by atoms with E-state index in [1.54, 1.807) is 42.2 Å². The molecule has 4 rings (SSSR count). The van der Waals surface area contributed by atoms with E-state index in [1.165, 1.54) is 6.07 Å². The van der Waals surface area contributed by atoms with Crippen molar-refractivity contribution in [3.8, 4) is 11.5 Å². The number of halogens is 2. The lowest BCUT2D eigenvalue weighted by molar-refractivity contribution is 0.610. The van der Waals surface area contributed by atoms with E-state index in [1.807, 2.05) is 26.0 Å². The maximum absolute atomic E-state index is 13.5. The number of anilines is 2. The van der Waals surface area contributed by atoms with Crippen LogP contribution >= 0.6 is 11.6 Å². The standard InChI is InChI=1S/C17H12ClFN6.C2H6/c1-10-12(19)4-5-14(21-10)16-23-17(15-3-2-8-25(15)24-16)22-13-6-7-20-9-11(13)18;1-2/h2-9H,1H3,(H,20,22,23,24);1-2H3. The highest BCUT2D eigenvalue weighted by Crippen LogP contribution is 2.27. The summed E-state index contributed by atoms with van der Waals surface area (Å²) in [6, 6.07) is 8.40. The third-order valence-electron chi connectivity index (χ3n) is 3.67. The minimum atomic E-state index is -0.368. The molecule has 0 unspecified atom stereocenters. The third kappa shape index (κ3) is 3.88. The van der Waals surface area contributed by atoms with Gasteiger partial charge >= 0.3 is 0 Å². The summed E-state index contributed by atoms with van der Waals surface area (Å²) >= 11 is 6.17. The molecule has 0 amide bonds. The van der Waals surface area contributed by atoms with Crippen LogP contribution in [-0.4, -0.2) is 24.6 Å². The summed E-state index contributed by atoms with van der Waals surface area (Å²) in [5, 5.41) is 8.10. The van der Waals surface area contributed by atoms with Gasteiger partial charge in [0.25, 0.3) is 0 Å². The molecule has 0 aromatic carbocycles. The largest absolute Gasteiger partial charge is 0.337 e. The molecule has 0 bridgehead atoms. The molecular weight excluding hydrogens is 367 g/mol. The van der Waals surface area contributed by atoms with Crippen molar-refractivity contribution >= 4 is 28.6 Å². The lowest BCUT2D eigenvalue weighted by Crippen LogP contribution is -2.05. The van der Waals surface area contributed by atoms with Crippen molar-refractivity contribution in [1.29, 1.82) is 0 Å². The SMILES string of the molecule is CC.Cc1nc(-c2nc(Nc3ccncc3Cl)c3cccn3n2)ccc1F. The Morgan fingerprint density at radius 3 is 2.67 bits per heavy atom. The Hall–Kier alpha value is -3.06. The summed E-state index contributed by atoms with van der Waals surface area (Å²) in [7, 11) is 0. The van der Waals surface area contributed by atoms with Crippen LogP contribution in [0.25, 0.3) is 17.0 Å². The topological polar surface area (TPSA) is 68.0 Å². The Bertz CT molecular complexity index is 1080. The Morgan fingerprint density at radius 1 is 1.11 bits per heavy atom. The van der Waals surface area contributed by atoms with Gasteiger partial charge in [0, 0.05) is 18.6 Å². The van der Waals surface area contributed by atoms with Gasteiger partial charge in [-0.15, -0.1) is 5.10 Å². The fourth-order valence-corrected chi connectivity index (χ4v) is 2.57. The minimum absolute atomic E-state index is 0.292. The quantitative estimate of drug-likeness (QED) is 0.535. The molecule has 27 heavy (non-hydrogen) atoms. The van der Waals surface area contributed by atoms with Crippen LogP contribution in [0.2, 0.25) is 5.02 Å². The van der Waals surface area contributed by atoms with Crippen LogP contribution in [0, 0.1) is 12.7 Å². The average Bonchev–Trinajstić information content (AvgIpc) is 3.16. The van der Waals surface area contributed by atoms with Crippen LogP contribution in [0.15, 0.2) is 48.9 Å². The van der Waals surface area contributed by atoms with E-state index >= 15 is 0 Å². The zero-order valence-electron chi connectivity index (χ0n) is 15.1. The maximum atomic E-state index is 13.5. The van der Waals surface area contributed by atoms with Crippen LogP contribution in [-0.2, 0) is 0 Å². The number of nitrogens with one attached hydrogen (secondary N) is 1. The van der Waals surface area contributed by atoms with Gasteiger partial charge in [0.15, 0.2) is 5.82 Å². The van der Waals surface area contributed by atoms with Crippen LogP contribution in [0.5, 0.6) is 0 Å². The molecule has 0 radical (unpaired) electrons. The normalized spacial score (nSPS) is 10.4. The summed E-state index contributed by atoms with van der Waals surface area (Å²) in [5.74, 6) is 0.569. The van der Waals surface area contributed by atoms with Gasteiger partial charge in [0.1, 0.15) is 17.0 Å². The molecule has 138 valence electrons. The molecule has 0 fully saturated rings. The van der Waals surface area contributed by atoms with Gasteiger partial charge in [-0.1, -0.05) is 25.4 Å². The number of hydrogen-bond donors (Lipinski definition) is 1. The molecule has 0 aliphatic rings. The summed E-state index contributed by atoms with van der Waals surface area (Å²) in [6.07, 6.45) is 4.99. The highest BCUT2D eigenvalue weighted by molar-refractivity contribution is 6.33. The predicted octanol–water partition coefficient (Wildman–Crippen LogP) is 5.06. The number of rotatable bonds is 3. The van der Waals surface area contributed by atoms with E-state index in [0.29, 0.717) is 33.7 Å². The number of aryl methyl sites for hydroxylation is 1. The molecule has 0 aliphatic carbocycles. The second-order valence-corrected chi connectivity index (χ2v) is 5.77. The summed E-state index contributed by atoms with van der Waals surface area (Å²) in [6.45, 7) is 5.60. The number of pyridine rings is 2. The fraction of sp³-hybridized carbons (Fsp3) is 0.158. The van der Waals surface area contributed by atoms with E-state index < -0.39 is 0 Å². The van der Waals surface area contributed by atoms with Gasteiger partial charge in [-0.05, 0) is 37.3 Å². The summed E-state index contributed by atoms with van der Waals surface area (Å²) in [5.41, 5.74) is 2.22. The monoisotopic (exact) mass is 384 g/mol. The van der Waals surface area contributed by atoms with Crippen molar-refractivity contribution < 1.29 is 4.39 Å². The Morgan fingerprint density at radius 2 is 1.93 bits per heavy atom. The Labute approximate surface area is 161 Å². The zero-order chi connectivity index (χ0) is 19.4. The second kappa shape index (κ2) is 8.09. The summed E-state index contributed by atoms with van der Waals surface area (Å²) < 4.78 is 15.2. The molecule has 6 nitrogen and oxygen atoms in total. The van der Waals surface area contributed by atoms with Crippen molar-refractivity contribution in [2.24, 2.45) is 0 Å². The highest BCUT2D eigenvalue weighted by Gasteiger charge is 2.13. The molecule has 8 heteroatoms. The van der Waals surface area contributed by atoms with E-state index in [9.17, 15) is 4.39 Å². The molecule has 4 heterocycles. The number of aromatic nitrogens is 5. The van der Waals surface area contributed by atoms with Gasteiger partial charge in [-0.25, -0.2) is 18.9 Å². The minimum Gasteiger partial charge on any atom is -0.337 e. The van der Waals surface area contributed by atoms with Crippen LogP contribution in [0.4, 0.5) is 15.9 Å². The van der Waals surface area contributed by atoms with Crippen LogP contribution < -0.4 is 5.32 Å². The lowest BCUT2D eigenvalue weighted by atomic mass is 10.3. The average molecular weight is 385 g/mol. The van der Waals surface area contributed by atoms with E-state index in [0.717, 1.165) is 5.52 Å². The Kier molecular flexibility index (Phi) is 5.61. The summed E-state index contributed by atoms with van der Waals surface area (Å²) in [4.78, 5) is 12.7. The van der Waals surface area contributed by atoms with Gasteiger partial charge in [0.2, 0.25) is 5.82 Å². The first-order valence-corrected chi connectivity index (χ1v) is 8.85. The molecule has 4 aromatic rings. The van der Waals surface area contributed by atoms with Crippen molar-refractivity contribution in [2.45, 2.75) is 20.8 Å². The van der Waals surface area contributed by atoms with Gasteiger partial charge in [-0.2, -0.15) is 0 Å². The van der Waals surface area contributed by atoms with Crippen molar-refractivity contribution in [1.82, 2.24) is 24.6 Å². The first-order chi connectivity index (χ1) is 13.1. The van der Waals surface area contributed by atoms with Crippen molar-refractivity contribution in [2.75, 3.05) is 5.32 Å². The van der Waals surface area contributed by atoms with E-state index in [2.05, 4.69) is 25.4 Å². The van der Waals surface area contributed by atoms with E-state index in [-0.39, 0.29) is 5.82 Å². The maximum Gasteiger partial charge on any atom is 0.200 e. The van der Waals surface area contributed by atoms with Gasteiger partial charge < -0.3 is 5.32 Å². The molecule has 0 aliphatic heterocycles. The molecule has 0 spiro atoms. The van der Waals surface area contributed by atoms with Crippen LogP contribution in [0.1, 0.15) is 19.5 Å². The number of fused-ring (bicyclic) bond motifs is 1. The molecule has 1 N–H and O–H groups in total. The first kappa shape index (κ1) is 18.7. The second-order valence-electron chi connectivity index (χ2n) is 5.37. The van der Waals surface area contributed by atoms with Crippen LogP contribution in [0.3, 0.4) is 0 Å².